The van der Waals surface area contributed by atoms with Gasteiger partial charge in [-0.25, -0.2) is 0 Å². The van der Waals surface area contributed by atoms with Gasteiger partial charge in [0.15, 0.2) is 0 Å². The number of alkyl halides is 1. The van der Waals surface area contributed by atoms with Crippen molar-refractivity contribution in [2.45, 2.75) is 90.2 Å². The molecule has 4 atom stereocenters. The number of aliphatic hydroxyl groups is 1. The number of allylic oxidation sites excluding steroid dienone is 2. The minimum atomic E-state index is -0.747. The number of carbonyl (C=O) groups is 2. The van der Waals surface area contributed by atoms with Gasteiger partial charge in [-0.2, -0.15) is 0 Å². The fraction of sp³-hybridized carbons (Fsp3) is 0.667. The van der Waals surface area contributed by atoms with E-state index < -0.39 is 17.1 Å². The molecule has 30 heavy (non-hydrogen) atoms. The van der Waals surface area contributed by atoms with E-state index in [1.165, 1.54) is 19.4 Å². The number of hydrogen-bond acceptors (Lipinski definition) is 5. The van der Waals surface area contributed by atoms with Crippen molar-refractivity contribution in [2.24, 2.45) is 5.92 Å². The van der Waals surface area contributed by atoms with Crippen LogP contribution in [0.25, 0.3) is 0 Å². The molecule has 0 amide bonds. The molecule has 0 spiro atoms. The molecule has 0 aliphatic heterocycles. The Labute approximate surface area is 186 Å². The molecule has 0 radical (unpaired) electrons. The van der Waals surface area contributed by atoms with Crippen molar-refractivity contribution in [3.05, 3.63) is 35.5 Å². The zero-order valence-electron chi connectivity index (χ0n) is 19.0. The van der Waals surface area contributed by atoms with Crippen LogP contribution < -0.4 is 0 Å². The zero-order chi connectivity index (χ0) is 22.9. The molecule has 5 nitrogen and oxygen atoms in total. The van der Waals surface area contributed by atoms with Crippen LogP contribution in [0.1, 0.15) is 73.1 Å². The van der Waals surface area contributed by atoms with Gasteiger partial charge in [0, 0.05) is 19.8 Å². The van der Waals surface area contributed by atoms with E-state index in [1.807, 2.05) is 19.9 Å². The van der Waals surface area contributed by atoms with Crippen molar-refractivity contribution in [1.29, 1.82) is 0 Å². The fourth-order valence-corrected chi connectivity index (χ4v) is 3.84. The SMILES string of the molecule is C=C(C)[C@H]1CC/C(C)=C\CC[C@@](C)(Cl)[C@H](O)CC/C(COC(C)=O)=C\[C@@H]1OC(C)=O. The van der Waals surface area contributed by atoms with E-state index in [-0.39, 0.29) is 24.5 Å². The van der Waals surface area contributed by atoms with E-state index in [1.54, 1.807) is 0 Å². The van der Waals surface area contributed by atoms with Gasteiger partial charge in [-0.3, -0.25) is 9.59 Å². The largest absolute Gasteiger partial charge is 0.461 e. The summed E-state index contributed by atoms with van der Waals surface area (Å²) in [5.41, 5.74) is 2.95. The van der Waals surface area contributed by atoms with Crippen LogP contribution in [-0.2, 0) is 19.1 Å². The number of aliphatic hydroxyl groups excluding tert-OH is 1. The maximum Gasteiger partial charge on any atom is 0.303 e. The molecular weight excluding hydrogens is 404 g/mol. The summed E-state index contributed by atoms with van der Waals surface area (Å²) < 4.78 is 10.9. The van der Waals surface area contributed by atoms with Crippen molar-refractivity contribution < 1.29 is 24.2 Å². The average Bonchev–Trinajstić information content (AvgIpc) is 2.61. The Hall–Kier alpha value is -1.59. The smallest absolute Gasteiger partial charge is 0.303 e. The van der Waals surface area contributed by atoms with E-state index in [4.69, 9.17) is 21.1 Å². The van der Waals surface area contributed by atoms with E-state index in [9.17, 15) is 14.7 Å². The van der Waals surface area contributed by atoms with Gasteiger partial charge in [-0.15, -0.1) is 11.6 Å². The lowest BCUT2D eigenvalue weighted by Gasteiger charge is -2.29. The molecule has 0 fully saturated rings. The Morgan fingerprint density at radius 1 is 1.23 bits per heavy atom. The highest BCUT2D eigenvalue weighted by Crippen LogP contribution is 2.32. The molecule has 0 aromatic carbocycles. The number of rotatable bonds is 4. The number of esters is 2. The zero-order valence-corrected chi connectivity index (χ0v) is 19.8. The minimum absolute atomic E-state index is 0.0595. The number of hydrogen-bond donors (Lipinski definition) is 1. The Morgan fingerprint density at radius 2 is 1.90 bits per heavy atom. The van der Waals surface area contributed by atoms with Gasteiger partial charge in [-0.1, -0.05) is 23.8 Å². The lowest BCUT2D eigenvalue weighted by Crippen LogP contribution is -2.34. The van der Waals surface area contributed by atoms with Gasteiger partial charge in [0.25, 0.3) is 0 Å². The molecule has 0 unspecified atom stereocenters. The maximum atomic E-state index is 11.8. The molecule has 0 saturated carbocycles. The second kappa shape index (κ2) is 12.3. The summed E-state index contributed by atoms with van der Waals surface area (Å²) in [5, 5.41) is 10.7. The van der Waals surface area contributed by atoms with Crippen molar-refractivity contribution in [3.63, 3.8) is 0 Å². The first-order valence-corrected chi connectivity index (χ1v) is 11.0. The molecule has 6 heteroatoms. The average molecular weight is 441 g/mol. The summed E-state index contributed by atoms with van der Waals surface area (Å²) in [7, 11) is 0. The summed E-state index contributed by atoms with van der Waals surface area (Å²) in [4.78, 5) is 22.4. The summed E-state index contributed by atoms with van der Waals surface area (Å²) in [6, 6.07) is 0. The molecule has 1 aliphatic rings. The van der Waals surface area contributed by atoms with Gasteiger partial charge < -0.3 is 14.6 Å². The summed E-state index contributed by atoms with van der Waals surface area (Å²) in [6.45, 7) is 12.8. The number of halogens is 1. The molecule has 1 N–H and O–H groups in total. The highest BCUT2D eigenvalue weighted by Gasteiger charge is 2.30. The third-order valence-corrected chi connectivity index (χ3v) is 6.04. The van der Waals surface area contributed by atoms with Crippen molar-refractivity contribution in [2.75, 3.05) is 6.61 Å². The molecule has 1 rings (SSSR count). The number of ether oxygens (including phenoxy) is 2. The van der Waals surface area contributed by atoms with Crippen LogP contribution in [0.15, 0.2) is 35.5 Å². The van der Waals surface area contributed by atoms with Gasteiger partial charge in [0.05, 0.1) is 11.0 Å². The molecule has 170 valence electrons. The lowest BCUT2D eigenvalue weighted by molar-refractivity contribution is -0.146. The van der Waals surface area contributed by atoms with Gasteiger partial charge >= 0.3 is 11.9 Å². The van der Waals surface area contributed by atoms with Crippen LogP contribution in [-0.4, -0.2) is 40.7 Å². The van der Waals surface area contributed by atoms with Crippen LogP contribution in [0.2, 0.25) is 0 Å². The Kier molecular flexibility index (Phi) is 10.9. The first-order chi connectivity index (χ1) is 13.9. The molecule has 0 aromatic rings. The van der Waals surface area contributed by atoms with E-state index in [2.05, 4.69) is 19.6 Å². The normalized spacial score (nSPS) is 32.6. The van der Waals surface area contributed by atoms with Crippen LogP contribution >= 0.6 is 11.6 Å². The second-order valence-corrected chi connectivity index (χ2v) is 9.46. The Morgan fingerprint density at radius 3 is 2.47 bits per heavy atom. The van der Waals surface area contributed by atoms with Crippen molar-refractivity contribution >= 4 is 23.5 Å². The summed E-state index contributed by atoms with van der Waals surface area (Å²) in [6.07, 6.45) is 6.75. The highest BCUT2D eigenvalue weighted by atomic mass is 35.5. The predicted octanol–water partition coefficient (Wildman–Crippen LogP) is 5.26. The molecular formula is C24H37ClO5. The standard InChI is InChI=1S/C24H37ClO5/c1-16(2)21-11-9-17(3)8-7-13-24(6,25)23(28)12-10-20(15-29-18(4)26)14-22(21)30-19(5)27/h8,14,21-23,28H,1,7,9-13,15H2,2-6H3/b17-8-,20-14+/t21-,22+,23-,24-/m1/s1. The first-order valence-electron chi connectivity index (χ1n) is 10.6. The molecule has 0 saturated heterocycles. The second-order valence-electron chi connectivity index (χ2n) is 8.59. The molecule has 0 aromatic heterocycles. The molecule has 0 bridgehead atoms. The summed E-state index contributed by atoms with van der Waals surface area (Å²) in [5.74, 6) is -0.828. The van der Waals surface area contributed by atoms with Crippen molar-refractivity contribution in [3.8, 4) is 0 Å². The maximum absolute atomic E-state index is 11.8. The third-order valence-electron chi connectivity index (χ3n) is 5.60. The lowest BCUT2D eigenvalue weighted by atomic mass is 9.86. The third kappa shape index (κ3) is 9.48. The van der Waals surface area contributed by atoms with Crippen LogP contribution in [0, 0.1) is 5.92 Å². The Balaban J connectivity index is 3.31. The molecule has 0 heterocycles. The van der Waals surface area contributed by atoms with E-state index >= 15 is 0 Å². The van der Waals surface area contributed by atoms with Gasteiger partial charge in [-0.05, 0) is 70.9 Å². The predicted molar refractivity (Wildman–Crippen MR) is 120 cm³/mol. The molecule has 1 aliphatic carbocycles. The van der Waals surface area contributed by atoms with E-state index in [0.29, 0.717) is 19.3 Å². The number of carbonyl (C=O) groups excluding carboxylic acids is 2. The summed E-state index contributed by atoms with van der Waals surface area (Å²) >= 11 is 6.61. The van der Waals surface area contributed by atoms with E-state index in [0.717, 1.165) is 30.4 Å². The highest BCUT2D eigenvalue weighted by molar-refractivity contribution is 6.24. The van der Waals surface area contributed by atoms with Crippen LogP contribution in [0.3, 0.4) is 0 Å². The monoisotopic (exact) mass is 440 g/mol. The van der Waals surface area contributed by atoms with Gasteiger partial charge in [0.1, 0.15) is 12.7 Å². The first kappa shape index (κ1) is 26.4. The Bertz CT molecular complexity index is 677. The quantitative estimate of drug-likeness (QED) is 0.366. The van der Waals surface area contributed by atoms with Crippen LogP contribution in [0.5, 0.6) is 0 Å². The van der Waals surface area contributed by atoms with Crippen molar-refractivity contribution in [1.82, 2.24) is 0 Å². The fourth-order valence-electron chi connectivity index (χ4n) is 3.62. The minimum Gasteiger partial charge on any atom is -0.461 e. The van der Waals surface area contributed by atoms with Crippen LogP contribution in [0.4, 0.5) is 0 Å². The van der Waals surface area contributed by atoms with Gasteiger partial charge in [0.2, 0.25) is 0 Å². The topological polar surface area (TPSA) is 72.8 Å².